The molecule has 0 aliphatic heterocycles. The van der Waals surface area contributed by atoms with Gasteiger partial charge in [-0.05, 0) is 36.8 Å². The lowest BCUT2D eigenvalue weighted by Gasteiger charge is -2.10. The zero-order chi connectivity index (χ0) is 17.4. The molecule has 3 aromatic rings. The number of aliphatic hydroxyl groups excluding tert-OH is 1. The van der Waals surface area contributed by atoms with Crippen molar-refractivity contribution >= 4 is 33.2 Å². The maximum absolute atomic E-state index is 14.4. The number of imidazole rings is 1. The van der Waals surface area contributed by atoms with Crippen molar-refractivity contribution in [3.8, 4) is 11.3 Å². The van der Waals surface area contributed by atoms with E-state index in [1.54, 1.807) is 10.6 Å². The van der Waals surface area contributed by atoms with Crippen LogP contribution in [-0.2, 0) is 6.42 Å². The molecule has 2 aromatic heterocycles. The van der Waals surface area contributed by atoms with Crippen molar-refractivity contribution in [1.29, 1.82) is 0 Å². The van der Waals surface area contributed by atoms with E-state index in [9.17, 15) is 13.9 Å². The predicted octanol–water partition coefficient (Wildman–Crippen LogP) is 4.49. The first-order valence-corrected chi connectivity index (χ1v) is 8.60. The van der Waals surface area contributed by atoms with Crippen molar-refractivity contribution in [3.63, 3.8) is 0 Å². The van der Waals surface area contributed by atoms with Crippen LogP contribution in [0.25, 0.3) is 16.9 Å². The Kier molecular flexibility index (Phi) is 4.90. The first-order valence-electron chi connectivity index (χ1n) is 7.27. The molecule has 0 radical (unpaired) electrons. The van der Waals surface area contributed by atoms with Crippen LogP contribution in [0.5, 0.6) is 0 Å². The molecule has 0 spiro atoms. The van der Waals surface area contributed by atoms with Crippen LogP contribution in [0.4, 0.5) is 8.78 Å². The van der Waals surface area contributed by atoms with Gasteiger partial charge in [-0.2, -0.15) is 0 Å². The number of hydrogen-bond acceptors (Lipinski definition) is 2. The Morgan fingerprint density at radius 3 is 2.58 bits per heavy atom. The molecule has 0 bridgehead atoms. The minimum atomic E-state index is -0.840. The molecule has 126 valence electrons. The third-order valence-electron chi connectivity index (χ3n) is 3.73. The molecule has 3 nitrogen and oxygen atoms in total. The van der Waals surface area contributed by atoms with E-state index in [2.05, 4.69) is 20.9 Å². The standard InChI is InChI=1S/C17H14BrClF2N2O/c1-9-2-3-23-14(7-11(24)8-19)17(22-15(23)4-9)16-12(20)5-10(18)6-13(16)21/h2-6,11,24H,7-8H2,1H3/t11-/m0/s1. The number of fused-ring (bicyclic) bond motifs is 1. The van der Waals surface area contributed by atoms with Gasteiger partial charge in [0, 0.05) is 23.0 Å². The average molecular weight is 416 g/mol. The molecule has 7 heteroatoms. The van der Waals surface area contributed by atoms with Crippen LogP contribution >= 0.6 is 27.5 Å². The number of rotatable bonds is 4. The summed E-state index contributed by atoms with van der Waals surface area (Å²) in [6.45, 7) is 1.91. The zero-order valence-electron chi connectivity index (χ0n) is 12.7. The van der Waals surface area contributed by atoms with E-state index in [1.165, 1.54) is 12.1 Å². The largest absolute Gasteiger partial charge is 0.391 e. The van der Waals surface area contributed by atoms with Crippen LogP contribution in [0.1, 0.15) is 11.3 Å². The Morgan fingerprint density at radius 1 is 1.29 bits per heavy atom. The molecular formula is C17H14BrClF2N2O. The van der Waals surface area contributed by atoms with Gasteiger partial charge in [0.15, 0.2) is 0 Å². The molecule has 0 unspecified atom stereocenters. The summed E-state index contributed by atoms with van der Waals surface area (Å²) in [5.41, 5.74) is 2.01. The average Bonchev–Trinajstić information content (AvgIpc) is 2.83. The molecule has 24 heavy (non-hydrogen) atoms. The highest BCUT2D eigenvalue weighted by Crippen LogP contribution is 2.32. The van der Waals surface area contributed by atoms with Gasteiger partial charge < -0.3 is 9.51 Å². The topological polar surface area (TPSA) is 37.5 Å². The number of halogens is 4. The second-order valence-electron chi connectivity index (χ2n) is 5.60. The number of hydrogen-bond donors (Lipinski definition) is 1. The number of aromatic nitrogens is 2. The van der Waals surface area contributed by atoms with E-state index in [1.807, 2.05) is 19.1 Å². The van der Waals surface area contributed by atoms with E-state index in [0.29, 0.717) is 15.8 Å². The SMILES string of the molecule is Cc1ccn2c(C[C@H](O)CCl)c(-c3c(F)cc(Br)cc3F)nc2c1. The van der Waals surface area contributed by atoms with E-state index in [4.69, 9.17) is 11.6 Å². The van der Waals surface area contributed by atoms with Gasteiger partial charge in [-0.1, -0.05) is 15.9 Å². The maximum atomic E-state index is 14.4. The Hall–Kier alpha value is -1.50. The number of pyridine rings is 1. The van der Waals surface area contributed by atoms with Gasteiger partial charge in [-0.3, -0.25) is 0 Å². The quantitative estimate of drug-likeness (QED) is 0.638. The second kappa shape index (κ2) is 6.78. The summed E-state index contributed by atoms with van der Waals surface area (Å²) in [5.74, 6) is -1.42. The summed E-state index contributed by atoms with van der Waals surface area (Å²) in [6.07, 6.45) is 1.07. The van der Waals surface area contributed by atoms with Crippen LogP contribution < -0.4 is 0 Å². The lowest BCUT2D eigenvalue weighted by atomic mass is 10.1. The van der Waals surface area contributed by atoms with E-state index in [0.717, 1.165) is 5.56 Å². The summed E-state index contributed by atoms with van der Waals surface area (Å²) in [5, 5.41) is 9.93. The monoisotopic (exact) mass is 414 g/mol. The zero-order valence-corrected chi connectivity index (χ0v) is 15.1. The first-order chi connectivity index (χ1) is 11.4. The summed E-state index contributed by atoms with van der Waals surface area (Å²) in [7, 11) is 0. The van der Waals surface area contributed by atoms with Gasteiger partial charge in [0.25, 0.3) is 0 Å². The summed E-state index contributed by atoms with van der Waals surface area (Å²) in [4.78, 5) is 4.40. The summed E-state index contributed by atoms with van der Waals surface area (Å²) in [6, 6.07) is 6.06. The molecular weight excluding hydrogens is 402 g/mol. The third kappa shape index (κ3) is 3.18. The lowest BCUT2D eigenvalue weighted by Crippen LogP contribution is -2.14. The highest BCUT2D eigenvalue weighted by atomic mass is 79.9. The fourth-order valence-electron chi connectivity index (χ4n) is 2.64. The maximum Gasteiger partial charge on any atom is 0.137 e. The van der Waals surface area contributed by atoms with E-state index in [-0.39, 0.29) is 23.6 Å². The Balaban J connectivity index is 2.29. The molecule has 0 saturated heterocycles. The molecule has 0 aliphatic rings. The van der Waals surface area contributed by atoms with E-state index >= 15 is 0 Å². The third-order valence-corrected chi connectivity index (χ3v) is 4.55. The first kappa shape index (κ1) is 17.3. The summed E-state index contributed by atoms with van der Waals surface area (Å²) < 4.78 is 30.8. The molecule has 0 saturated carbocycles. The molecule has 2 heterocycles. The predicted molar refractivity (Wildman–Crippen MR) is 93.4 cm³/mol. The Morgan fingerprint density at radius 2 is 1.96 bits per heavy atom. The fourth-order valence-corrected chi connectivity index (χ4v) is 3.15. The highest BCUT2D eigenvalue weighted by Gasteiger charge is 2.23. The molecule has 0 amide bonds. The number of aryl methyl sites for hydroxylation is 1. The van der Waals surface area contributed by atoms with Crippen molar-refractivity contribution in [1.82, 2.24) is 9.38 Å². The van der Waals surface area contributed by atoms with Gasteiger partial charge in [-0.15, -0.1) is 11.6 Å². The van der Waals surface area contributed by atoms with Crippen LogP contribution in [0, 0.1) is 18.6 Å². The van der Waals surface area contributed by atoms with Gasteiger partial charge in [0.2, 0.25) is 0 Å². The Labute approximate surface area is 151 Å². The van der Waals surface area contributed by atoms with Crippen LogP contribution in [0.15, 0.2) is 34.9 Å². The minimum Gasteiger partial charge on any atom is -0.391 e. The normalized spacial score (nSPS) is 12.8. The fraction of sp³-hybridized carbons (Fsp3) is 0.235. The van der Waals surface area contributed by atoms with Crippen molar-refractivity contribution in [2.75, 3.05) is 5.88 Å². The molecule has 0 aliphatic carbocycles. The van der Waals surface area contributed by atoms with Gasteiger partial charge >= 0.3 is 0 Å². The van der Waals surface area contributed by atoms with Crippen molar-refractivity contribution in [2.45, 2.75) is 19.4 Å². The number of benzene rings is 1. The highest BCUT2D eigenvalue weighted by molar-refractivity contribution is 9.10. The molecule has 1 atom stereocenters. The van der Waals surface area contributed by atoms with Crippen molar-refractivity contribution < 1.29 is 13.9 Å². The van der Waals surface area contributed by atoms with Gasteiger partial charge in [0.05, 0.1) is 23.1 Å². The van der Waals surface area contributed by atoms with Crippen molar-refractivity contribution in [3.05, 3.63) is 57.8 Å². The minimum absolute atomic E-state index is 0.0177. The summed E-state index contributed by atoms with van der Waals surface area (Å²) >= 11 is 8.76. The van der Waals surface area contributed by atoms with Crippen LogP contribution in [0.3, 0.4) is 0 Å². The molecule has 1 aromatic carbocycles. The number of alkyl halides is 1. The lowest BCUT2D eigenvalue weighted by molar-refractivity contribution is 0.197. The van der Waals surface area contributed by atoms with E-state index < -0.39 is 17.7 Å². The van der Waals surface area contributed by atoms with Crippen LogP contribution in [-0.4, -0.2) is 26.5 Å². The number of nitrogens with zero attached hydrogens (tertiary/aromatic N) is 2. The van der Waals surface area contributed by atoms with Crippen molar-refractivity contribution in [2.24, 2.45) is 0 Å². The smallest absolute Gasteiger partial charge is 0.137 e. The number of aliphatic hydroxyl groups is 1. The molecule has 1 N–H and O–H groups in total. The van der Waals surface area contributed by atoms with Gasteiger partial charge in [0.1, 0.15) is 17.3 Å². The van der Waals surface area contributed by atoms with Gasteiger partial charge in [-0.25, -0.2) is 13.8 Å². The Bertz CT molecular complexity index is 890. The van der Waals surface area contributed by atoms with Crippen LogP contribution in [0.2, 0.25) is 0 Å². The second-order valence-corrected chi connectivity index (χ2v) is 6.82. The molecule has 0 fully saturated rings. The molecule has 3 rings (SSSR count).